The van der Waals surface area contributed by atoms with Gasteiger partial charge in [0.25, 0.3) is 0 Å². The first-order valence-electron chi connectivity index (χ1n) is 7.30. The van der Waals surface area contributed by atoms with Crippen molar-refractivity contribution in [2.24, 2.45) is 11.8 Å². The first-order valence-corrected chi connectivity index (χ1v) is 7.30. The van der Waals surface area contributed by atoms with Crippen molar-refractivity contribution in [1.82, 2.24) is 15.0 Å². The van der Waals surface area contributed by atoms with Crippen LogP contribution < -0.4 is 21.3 Å². The molecule has 112 valence electrons. The lowest BCUT2D eigenvalue weighted by molar-refractivity contribution is 0.222. The summed E-state index contributed by atoms with van der Waals surface area (Å²) in [7, 11) is 0. The molecule has 0 bridgehead atoms. The Morgan fingerprint density at radius 2 is 1.90 bits per heavy atom. The normalized spacial score (nSPS) is 15.6. The molecule has 2 rings (SSSR count). The summed E-state index contributed by atoms with van der Waals surface area (Å²) in [6.45, 7) is 4.71. The van der Waals surface area contributed by atoms with E-state index in [2.05, 4.69) is 25.7 Å². The third-order valence-electron chi connectivity index (χ3n) is 3.40. The zero-order valence-corrected chi connectivity index (χ0v) is 12.2. The number of nitrogens with two attached hydrogens (primary N) is 1. The molecular weight excluding hydrogens is 256 g/mol. The smallest absolute Gasteiger partial charge is 0.323 e. The SMILES string of the molecule is CC(C)Oc1nc(NN)nc(NCCC2CCCC2)n1. The van der Waals surface area contributed by atoms with Crippen LogP contribution in [0.2, 0.25) is 0 Å². The minimum atomic E-state index is 0.00867. The first-order chi connectivity index (χ1) is 9.67. The molecule has 0 radical (unpaired) electrons. The van der Waals surface area contributed by atoms with Gasteiger partial charge in [-0.1, -0.05) is 25.7 Å². The van der Waals surface area contributed by atoms with Crippen LogP contribution in [-0.4, -0.2) is 27.6 Å². The molecule has 7 nitrogen and oxygen atoms in total. The molecule has 0 unspecified atom stereocenters. The van der Waals surface area contributed by atoms with Crippen molar-refractivity contribution < 1.29 is 4.74 Å². The molecule has 0 aromatic carbocycles. The molecule has 1 aliphatic carbocycles. The summed E-state index contributed by atoms with van der Waals surface area (Å²) in [6, 6.07) is 0.284. The molecule has 4 N–H and O–H groups in total. The van der Waals surface area contributed by atoms with Gasteiger partial charge in [-0.15, -0.1) is 0 Å². The van der Waals surface area contributed by atoms with Crippen molar-refractivity contribution in [3.63, 3.8) is 0 Å². The van der Waals surface area contributed by atoms with Crippen molar-refractivity contribution in [3.05, 3.63) is 0 Å². The first kappa shape index (κ1) is 14.8. The van der Waals surface area contributed by atoms with E-state index in [-0.39, 0.29) is 12.1 Å². The number of hydrogen-bond acceptors (Lipinski definition) is 7. The Hall–Kier alpha value is -1.63. The van der Waals surface area contributed by atoms with Crippen LogP contribution in [0, 0.1) is 5.92 Å². The number of hydrogen-bond donors (Lipinski definition) is 3. The van der Waals surface area contributed by atoms with Gasteiger partial charge >= 0.3 is 6.01 Å². The van der Waals surface area contributed by atoms with Crippen molar-refractivity contribution in [3.8, 4) is 6.01 Å². The van der Waals surface area contributed by atoms with E-state index in [4.69, 9.17) is 10.6 Å². The molecule has 1 heterocycles. The van der Waals surface area contributed by atoms with E-state index < -0.39 is 0 Å². The van der Waals surface area contributed by atoms with Crippen LogP contribution in [-0.2, 0) is 0 Å². The lowest BCUT2D eigenvalue weighted by atomic mass is 10.0. The fourth-order valence-corrected chi connectivity index (χ4v) is 2.45. The van der Waals surface area contributed by atoms with Crippen molar-refractivity contribution in [2.45, 2.75) is 52.1 Å². The van der Waals surface area contributed by atoms with Crippen LogP contribution in [0.15, 0.2) is 0 Å². The van der Waals surface area contributed by atoms with Gasteiger partial charge in [0.15, 0.2) is 0 Å². The minimum absolute atomic E-state index is 0.00867. The van der Waals surface area contributed by atoms with Crippen LogP contribution in [0.5, 0.6) is 6.01 Å². The maximum absolute atomic E-state index is 5.48. The Morgan fingerprint density at radius 3 is 2.55 bits per heavy atom. The van der Waals surface area contributed by atoms with Gasteiger partial charge in [-0.2, -0.15) is 15.0 Å². The summed E-state index contributed by atoms with van der Waals surface area (Å²) in [6.07, 6.45) is 6.58. The highest BCUT2D eigenvalue weighted by atomic mass is 16.5. The zero-order chi connectivity index (χ0) is 14.4. The van der Waals surface area contributed by atoms with Gasteiger partial charge in [-0.05, 0) is 26.2 Å². The number of nitrogen functional groups attached to an aromatic ring is 1. The lowest BCUT2D eigenvalue weighted by Gasteiger charge is -2.12. The second-order valence-electron chi connectivity index (χ2n) is 5.44. The molecule has 7 heteroatoms. The zero-order valence-electron chi connectivity index (χ0n) is 12.2. The predicted molar refractivity (Wildman–Crippen MR) is 78.5 cm³/mol. The van der Waals surface area contributed by atoms with Crippen LogP contribution in [0.3, 0.4) is 0 Å². The molecule has 20 heavy (non-hydrogen) atoms. The Kier molecular flexibility index (Phi) is 5.34. The van der Waals surface area contributed by atoms with E-state index in [1.165, 1.54) is 25.7 Å². The number of ether oxygens (including phenoxy) is 1. The predicted octanol–water partition coefficient (Wildman–Crippen LogP) is 1.94. The van der Waals surface area contributed by atoms with E-state index >= 15 is 0 Å². The van der Waals surface area contributed by atoms with Crippen molar-refractivity contribution >= 4 is 11.9 Å². The highest BCUT2D eigenvalue weighted by Gasteiger charge is 2.15. The molecule has 1 aliphatic rings. The third-order valence-corrected chi connectivity index (χ3v) is 3.40. The summed E-state index contributed by atoms with van der Waals surface area (Å²) < 4.78 is 5.48. The van der Waals surface area contributed by atoms with Gasteiger partial charge in [0.05, 0.1) is 6.10 Å². The Morgan fingerprint density at radius 1 is 1.20 bits per heavy atom. The highest BCUT2D eigenvalue weighted by Crippen LogP contribution is 2.27. The molecule has 0 amide bonds. The lowest BCUT2D eigenvalue weighted by Crippen LogP contribution is -2.17. The van der Waals surface area contributed by atoms with Crippen molar-refractivity contribution in [1.29, 1.82) is 0 Å². The van der Waals surface area contributed by atoms with Gasteiger partial charge < -0.3 is 10.1 Å². The van der Waals surface area contributed by atoms with Crippen LogP contribution >= 0.6 is 0 Å². The summed E-state index contributed by atoms with van der Waals surface area (Å²) in [5, 5.41) is 3.22. The topological polar surface area (TPSA) is 98.0 Å². The summed E-state index contributed by atoms with van der Waals surface area (Å²) >= 11 is 0. The Bertz CT molecular complexity index is 419. The summed E-state index contributed by atoms with van der Waals surface area (Å²) in [5.41, 5.74) is 2.43. The van der Waals surface area contributed by atoms with Crippen molar-refractivity contribution in [2.75, 3.05) is 17.3 Å². The molecule has 0 spiro atoms. The number of anilines is 2. The summed E-state index contributed by atoms with van der Waals surface area (Å²) in [4.78, 5) is 12.5. The molecular formula is C13H24N6O. The molecule has 0 atom stereocenters. The molecule has 1 fully saturated rings. The molecule has 1 aromatic rings. The van der Waals surface area contributed by atoms with Crippen LogP contribution in [0.1, 0.15) is 46.0 Å². The van der Waals surface area contributed by atoms with Gasteiger partial charge in [0, 0.05) is 6.54 Å². The average Bonchev–Trinajstić information content (AvgIpc) is 2.91. The highest BCUT2D eigenvalue weighted by molar-refractivity contribution is 5.34. The maximum atomic E-state index is 5.48. The number of aromatic nitrogens is 3. The van der Waals surface area contributed by atoms with Crippen LogP contribution in [0.25, 0.3) is 0 Å². The standard InChI is InChI=1S/C13H24N6O/c1-9(2)20-13-17-11(16-12(18-13)19-14)15-8-7-10-5-3-4-6-10/h9-10H,3-8,14H2,1-2H3,(H2,15,16,17,18,19). The number of hydrazine groups is 1. The van der Waals surface area contributed by atoms with E-state index in [9.17, 15) is 0 Å². The maximum Gasteiger partial charge on any atom is 0.323 e. The number of nitrogens with zero attached hydrogens (tertiary/aromatic N) is 3. The van der Waals surface area contributed by atoms with Gasteiger partial charge in [-0.3, -0.25) is 5.43 Å². The fraction of sp³-hybridized carbons (Fsp3) is 0.769. The second-order valence-corrected chi connectivity index (χ2v) is 5.44. The Labute approximate surface area is 119 Å². The fourth-order valence-electron chi connectivity index (χ4n) is 2.45. The molecule has 0 saturated heterocycles. The van der Waals surface area contributed by atoms with Gasteiger partial charge in [0.1, 0.15) is 0 Å². The summed E-state index contributed by atoms with van der Waals surface area (Å²) in [5.74, 6) is 7.00. The van der Waals surface area contributed by atoms with Crippen LogP contribution in [0.4, 0.5) is 11.9 Å². The molecule has 0 aliphatic heterocycles. The second kappa shape index (κ2) is 7.23. The third kappa shape index (κ3) is 4.48. The quantitative estimate of drug-likeness (QED) is 0.518. The minimum Gasteiger partial charge on any atom is -0.461 e. The average molecular weight is 280 g/mol. The van der Waals surface area contributed by atoms with Gasteiger partial charge in [0.2, 0.25) is 11.9 Å². The van der Waals surface area contributed by atoms with Gasteiger partial charge in [-0.25, -0.2) is 5.84 Å². The number of nitrogens with one attached hydrogen (secondary N) is 2. The molecule has 1 aromatic heterocycles. The monoisotopic (exact) mass is 280 g/mol. The largest absolute Gasteiger partial charge is 0.461 e. The molecule has 1 saturated carbocycles. The van der Waals surface area contributed by atoms with E-state index in [1.807, 2.05) is 13.8 Å². The van der Waals surface area contributed by atoms with E-state index in [1.54, 1.807) is 0 Å². The number of rotatable bonds is 7. The van der Waals surface area contributed by atoms with E-state index in [0.29, 0.717) is 11.9 Å². The van der Waals surface area contributed by atoms with E-state index in [0.717, 1.165) is 18.9 Å². The Balaban J connectivity index is 1.91.